The van der Waals surface area contributed by atoms with Gasteiger partial charge in [0.1, 0.15) is 5.78 Å². The van der Waals surface area contributed by atoms with E-state index in [0.717, 1.165) is 25.7 Å². The van der Waals surface area contributed by atoms with Crippen LogP contribution in [0, 0.1) is 17.8 Å². The van der Waals surface area contributed by atoms with E-state index in [4.69, 9.17) is 5.73 Å². The van der Waals surface area contributed by atoms with Gasteiger partial charge in [0.05, 0.1) is 0 Å². The fourth-order valence-electron chi connectivity index (χ4n) is 2.69. The molecule has 0 rings (SSSR count). The van der Waals surface area contributed by atoms with Gasteiger partial charge < -0.3 is 10.5 Å². The van der Waals surface area contributed by atoms with Crippen molar-refractivity contribution in [2.75, 3.05) is 0 Å². The summed E-state index contributed by atoms with van der Waals surface area (Å²) >= 11 is 0. The smallest absolute Gasteiger partial charge is 0.220 e. The van der Waals surface area contributed by atoms with Crippen molar-refractivity contribution < 1.29 is 9.59 Å². The number of carbonyl (C=O) groups is 2. The van der Waals surface area contributed by atoms with Crippen LogP contribution in [-0.4, -0.2) is 11.7 Å². The summed E-state index contributed by atoms with van der Waals surface area (Å²) in [6, 6.07) is 0. The van der Waals surface area contributed by atoms with Crippen molar-refractivity contribution >= 4 is 11.7 Å². The fraction of sp³-hybridized carbons (Fsp3) is 0.857. The average molecular weight is 241 g/mol. The number of ketones is 1. The highest BCUT2D eigenvalue weighted by Crippen LogP contribution is 2.27. The number of rotatable bonds is 9. The Morgan fingerprint density at radius 1 is 1.24 bits per heavy atom. The highest BCUT2D eigenvalue weighted by Gasteiger charge is 2.24. The number of amides is 1. The monoisotopic (exact) mass is 241 g/mol. The minimum absolute atomic E-state index is 0.0543. The molecule has 3 nitrogen and oxygen atoms in total. The maximum Gasteiger partial charge on any atom is 0.220 e. The molecule has 0 aromatic carbocycles. The van der Waals surface area contributed by atoms with Crippen molar-refractivity contribution in [2.24, 2.45) is 23.5 Å². The van der Waals surface area contributed by atoms with Crippen molar-refractivity contribution in [1.82, 2.24) is 0 Å². The average Bonchev–Trinajstić information content (AvgIpc) is 2.16. The summed E-state index contributed by atoms with van der Waals surface area (Å²) in [5, 5.41) is 0. The molecular formula is C14H27NO2. The summed E-state index contributed by atoms with van der Waals surface area (Å²) in [5.74, 6) is 0.650. The Balaban J connectivity index is 4.41. The van der Waals surface area contributed by atoms with Crippen LogP contribution in [0.15, 0.2) is 0 Å². The van der Waals surface area contributed by atoms with Crippen LogP contribution in [0.1, 0.15) is 59.8 Å². The second-order valence-electron chi connectivity index (χ2n) is 5.19. The predicted octanol–water partition coefficient (Wildman–Crippen LogP) is 2.92. The van der Waals surface area contributed by atoms with Crippen LogP contribution >= 0.6 is 0 Å². The lowest BCUT2D eigenvalue weighted by atomic mass is 9.81. The largest absolute Gasteiger partial charge is 0.369 e. The van der Waals surface area contributed by atoms with E-state index < -0.39 is 0 Å². The quantitative estimate of drug-likeness (QED) is 0.674. The van der Waals surface area contributed by atoms with Crippen LogP contribution in [0.4, 0.5) is 0 Å². The lowest BCUT2D eigenvalue weighted by Crippen LogP contribution is -2.29. The van der Waals surface area contributed by atoms with Gasteiger partial charge in [0.15, 0.2) is 0 Å². The Hall–Kier alpha value is -0.860. The first-order valence-electron chi connectivity index (χ1n) is 6.71. The zero-order chi connectivity index (χ0) is 13.4. The molecule has 0 aliphatic heterocycles. The predicted molar refractivity (Wildman–Crippen MR) is 70.5 cm³/mol. The third kappa shape index (κ3) is 6.44. The van der Waals surface area contributed by atoms with Crippen LogP contribution < -0.4 is 5.73 Å². The summed E-state index contributed by atoms with van der Waals surface area (Å²) in [6.07, 6.45) is 4.48. The number of hydrogen-bond donors (Lipinski definition) is 1. The Morgan fingerprint density at radius 3 is 2.18 bits per heavy atom. The SMILES string of the molecule is CCC[C@H](CC(C)=O)CC(C)[C@@H](CC)C(N)=O. The van der Waals surface area contributed by atoms with Gasteiger partial charge in [0, 0.05) is 12.3 Å². The van der Waals surface area contributed by atoms with Gasteiger partial charge in [-0.3, -0.25) is 4.79 Å². The number of hydrogen-bond acceptors (Lipinski definition) is 2. The van der Waals surface area contributed by atoms with Gasteiger partial charge in [0.2, 0.25) is 5.91 Å². The van der Waals surface area contributed by atoms with Gasteiger partial charge in [0.25, 0.3) is 0 Å². The van der Waals surface area contributed by atoms with Crippen LogP contribution in [0.3, 0.4) is 0 Å². The first-order valence-corrected chi connectivity index (χ1v) is 6.71. The van der Waals surface area contributed by atoms with Crippen LogP contribution in [0.2, 0.25) is 0 Å². The summed E-state index contributed by atoms with van der Waals surface area (Å²) in [5.41, 5.74) is 5.39. The molecule has 0 aliphatic rings. The van der Waals surface area contributed by atoms with E-state index in [1.165, 1.54) is 0 Å². The number of Topliss-reactive ketones (excluding diaryl/α,β-unsaturated/α-hetero) is 1. The van der Waals surface area contributed by atoms with Crippen molar-refractivity contribution in [3.8, 4) is 0 Å². The minimum atomic E-state index is -0.210. The molecule has 3 atom stereocenters. The molecule has 0 bridgehead atoms. The summed E-state index contributed by atoms with van der Waals surface area (Å²) in [4.78, 5) is 22.5. The van der Waals surface area contributed by atoms with E-state index in [9.17, 15) is 9.59 Å². The van der Waals surface area contributed by atoms with Crippen LogP contribution in [-0.2, 0) is 9.59 Å². The minimum Gasteiger partial charge on any atom is -0.369 e. The summed E-state index contributed by atoms with van der Waals surface area (Å²) < 4.78 is 0. The third-order valence-electron chi connectivity index (χ3n) is 3.47. The van der Waals surface area contributed by atoms with E-state index in [2.05, 4.69) is 13.8 Å². The van der Waals surface area contributed by atoms with Crippen molar-refractivity contribution in [3.63, 3.8) is 0 Å². The second-order valence-corrected chi connectivity index (χ2v) is 5.19. The van der Waals surface area contributed by atoms with Gasteiger partial charge in [-0.15, -0.1) is 0 Å². The molecule has 0 aromatic rings. The molecule has 100 valence electrons. The zero-order valence-electron chi connectivity index (χ0n) is 11.7. The lowest BCUT2D eigenvalue weighted by molar-refractivity contribution is -0.123. The van der Waals surface area contributed by atoms with E-state index >= 15 is 0 Å². The molecule has 0 heterocycles. The molecular weight excluding hydrogens is 214 g/mol. The standard InChI is InChI=1S/C14H27NO2/c1-5-7-12(9-11(4)16)8-10(3)13(6-2)14(15)17/h10,12-13H,5-9H2,1-4H3,(H2,15,17)/t10?,12-,13+/m0/s1. The molecule has 0 fully saturated rings. The summed E-state index contributed by atoms with van der Waals surface area (Å²) in [6.45, 7) is 7.83. The molecule has 0 spiro atoms. The van der Waals surface area contributed by atoms with Gasteiger partial charge in [-0.1, -0.05) is 33.6 Å². The molecule has 0 saturated carbocycles. The van der Waals surface area contributed by atoms with Gasteiger partial charge in [-0.25, -0.2) is 0 Å². The normalized spacial score (nSPS) is 16.2. The maximum absolute atomic E-state index is 11.3. The van der Waals surface area contributed by atoms with Gasteiger partial charge in [-0.2, -0.15) is 0 Å². The van der Waals surface area contributed by atoms with Crippen molar-refractivity contribution in [3.05, 3.63) is 0 Å². The van der Waals surface area contributed by atoms with Crippen molar-refractivity contribution in [1.29, 1.82) is 0 Å². The third-order valence-corrected chi connectivity index (χ3v) is 3.47. The lowest BCUT2D eigenvalue weighted by Gasteiger charge is -2.24. The zero-order valence-corrected chi connectivity index (χ0v) is 11.7. The van der Waals surface area contributed by atoms with Gasteiger partial charge >= 0.3 is 0 Å². The van der Waals surface area contributed by atoms with E-state index in [-0.39, 0.29) is 23.5 Å². The van der Waals surface area contributed by atoms with Crippen LogP contribution in [0.25, 0.3) is 0 Å². The molecule has 0 radical (unpaired) electrons. The van der Waals surface area contributed by atoms with E-state index in [1.807, 2.05) is 6.92 Å². The maximum atomic E-state index is 11.3. The number of carbonyl (C=O) groups excluding carboxylic acids is 2. The molecule has 0 saturated heterocycles. The first-order chi connectivity index (χ1) is 7.92. The topological polar surface area (TPSA) is 60.2 Å². The molecule has 1 unspecified atom stereocenters. The number of nitrogens with two attached hydrogens (primary N) is 1. The highest BCUT2D eigenvalue weighted by molar-refractivity contribution is 5.77. The summed E-state index contributed by atoms with van der Waals surface area (Å²) in [7, 11) is 0. The van der Waals surface area contributed by atoms with E-state index in [0.29, 0.717) is 12.3 Å². The molecule has 0 aromatic heterocycles. The Bertz CT molecular complexity index is 251. The first kappa shape index (κ1) is 16.1. The number of primary amides is 1. The van der Waals surface area contributed by atoms with Gasteiger partial charge in [-0.05, 0) is 31.6 Å². The molecule has 3 heteroatoms. The Kier molecular flexibility index (Phi) is 7.85. The Morgan fingerprint density at radius 2 is 1.82 bits per heavy atom. The molecule has 2 N–H and O–H groups in total. The Labute approximate surface area is 105 Å². The second kappa shape index (κ2) is 8.26. The molecule has 0 aliphatic carbocycles. The van der Waals surface area contributed by atoms with Crippen LogP contribution in [0.5, 0.6) is 0 Å². The fourth-order valence-corrected chi connectivity index (χ4v) is 2.69. The van der Waals surface area contributed by atoms with Crippen molar-refractivity contribution in [2.45, 2.75) is 59.8 Å². The highest BCUT2D eigenvalue weighted by atomic mass is 16.1. The van der Waals surface area contributed by atoms with E-state index in [1.54, 1.807) is 6.92 Å². The molecule has 1 amide bonds. The molecule has 17 heavy (non-hydrogen) atoms.